The van der Waals surface area contributed by atoms with Crippen LogP contribution < -0.4 is 10.5 Å². The molecule has 1 aliphatic rings. The second-order valence-corrected chi connectivity index (χ2v) is 4.69. The first-order chi connectivity index (χ1) is 8.81. The summed E-state index contributed by atoms with van der Waals surface area (Å²) in [7, 11) is 1.73. The zero-order chi connectivity index (χ0) is 12.5. The van der Waals surface area contributed by atoms with E-state index in [2.05, 4.69) is 22.3 Å². The number of fused-ring (bicyclic) bond motifs is 1. The molecule has 2 aromatic rings. The summed E-state index contributed by atoms with van der Waals surface area (Å²) in [4.78, 5) is 0. The third-order valence-corrected chi connectivity index (χ3v) is 3.64. The molecule has 1 heterocycles. The van der Waals surface area contributed by atoms with Crippen LogP contribution in [0, 0.1) is 0 Å². The number of aryl methyl sites for hydroxylation is 1. The van der Waals surface area contributed by atoms with Crippen molar-refractivity contribution in [3.63, 3.8) is 0 Å². The van der Waals surface area contributed by atoms with Crippen LogP contribution in [0.25, 0.3) is 11.1 Å². The molecule has 0 saturated heterocycles. The van der Waals surface area contributed by atoms with Crippen LogP contribution in [-0.4, -0.2) is 17.3 Å². The minimum absolute atomic E-state index is 0.587. The lowest BCUT2D eigenvalue weighted by atomic mass is 9.88. The van der Waals surface area contributed by atoms with E-state index >= 15 is 0 Å². The molecular weight excluding hydrogens is 226 g/mol. The molecule has 4 heteroatoms. The molecule has 1 aliphatic carbocycles. The van der Waals surface area contributed by atoms with Gasteiger partial charge in [-0.2, -0.15) is 5.10 Å². The maximum Gasteiger partial charge on any atom is 0.130 e. The maximum atomic E-state index is 5.90. The molecule has 0 amide bonds. The van der Waals surface area contributed by atoms with Crippen molar-refractivity contribution >= 4 is 5.82 Å². The fourth-order valence-corrected chi connectivity index (χ4v) is 2.75. The van der Waals surface area contributed by atoms with Gasteiger partial charge in [0.2, 0.25) is 0 Å². The Kier molecular flexibility index (Phi) is 2.70. The molecule has 4 nitrogen and oxygen atoms in total. The van der Waals surface area contributed by atoms with E-state index in [0.29, 0.717) is 5.82 Å². The van der Waals surface area contributed by atoms with E-state index in [1.807, 2.05) is 0 Å². The Morgan fingerprint density at radius 1 is 1.22 bits per heavy atom. The van der Waals surface area contributed by atoms with Crippen LogP contribution in [0.15, 0.2) is 18.3 Å². The Morgan fingerprint density at radius 2 is 2.06 bits per heavy atom. The molecule has 0 aliphatic heterocycles. The number of hydrogen-bond donors (Lipinski definition) is 2. The van der Waals surface area contributed by atoms with Crippen molar-refractivity contribution in [1.29, 1.82) is 0 Å². The van der Waals surface area contributed by atoms with Gasteiger partial charge in [-0.1, -0.05) is 12.1 Å². The zero-order valence-electron chi connectivity index (χ0n) is 10.5. The second-order valence-electron chi connectivity index (χ2n) is 4.69. The number of nitrogen functional groups attached to an aromatic ring is 1. The number of aromatic amines is 1. The first kappa shape index (κ1) is 11.1. The molecule has 1 aromatic carbocycles. The third kappa shape index (κ3) is 1.65. The quantitative estimate of drug-likeness (QED) is 0.852. The van der Waals surface area contributed by atoms with Gasteiger partial charge in [0, 0.05) is 11.1 Å². The molecule has 3 rings (SSSR count). The van der Waals surface area contributed by atoms with Crippen LogP contribution in [-0.2, 0) is 12.8 Å². The predicted molar refractivity (Wildman–Crippen MR) is 71.6 cm³/mol. The SMILES string of the molecule is COc1c(-c2cn[nH]c2N)ccc2c1CCCC2. The highest BCUT2D eigenvalue weighted by molar-refractivity contribution is 5.79. The lowest BCUT2D eigenvalue weighted by molar-refractivity contribution is 0.408. The fraction of sp³-hybridized carbons (Fsp3) is 0.357. The highest BCUT2D eigenvalue weighted by Crippen LogP contribution is 2.39. The number of ether oxygens (including phenoxy) is 1. The monoisotopic (exact) mass is 243 g/mol. The van der Waals surface area contributed by atoms with Crippen LogP contribution in [0.5, 0.6) is 5.75 Å². The Labute approximate surface area is 106 Å². The van der Waals surface area contributed by atoms with Gasteiger partial charge in [0.05, 0.1) is 13.3 Å². The smallest absolute Gasteiger partial charge is 0.130 e. The molecule has 0 spiro atoms. The van der Waals surface area contributed by atoms with Gasteiger partial charge in [-0.3, -0.25) is 5.10 Å². The molecular formula is C14H17N3O. The van der Waals surface area contributed by atoms with Crippen LogP contribution in [0.4, 0.5) is 5.82 Å². The summed E-state index contributed by atoms with van der Waals surface area (Å²) >= 11 is 0. The van der Waals surface area contributed by atoms with Gasteiger partial charge in [-0.05, 0) is 36.8 Å². The molecule has 1 aromatic heterocycles. The lowest BCUT2D eigenvalue weighted by Crippen LogP contribution is -2.06. The molecule has 94 valence electrons. The number of benzene rings is 1. The minimum atomic E-state index is 0.587. The third-order valence-electron chi connectivity index (χ3n) is 3.64. The lowest BCUT2D eigenvalue weighted by Gasteiger charge is -2.21. The molecule has 0 atom stereocenters. The van der Waals surface area contributed by atoms with E-state index in [0.717, 1.165) is 29.7 Å². The van der Waals surface area contributed by atoms with Crippen molar-refractivity contribution in [2.24, 2.45) is 0 Å². The van der Waals surface area contributed by atoms with Crippen molar-refractivity contribution in [3.8, 4) is 16.9 Å². The molecule has 18 heavy (non-hydrogen) atoms. The van der Waals surface area contributed by atoms with Gasteiger partial charge >= 0.3 is 0 Å². The second kappa shape index (κ2) is 4.37. The van der Waals surface area contributed by atoms with Gasteiger partial charge in [0.15, 0.2) is 0 Å². The average Bonchev–Trinajstić information content (AvgIpc) is 2.83. The Balaban J connectivity index is 2.19. The van der Waals surface area contributed by atoms with E-state index in [4.69, 9.17) is 10.5 Å². The number of nitrogens with zero attached hydrogens (tertiary/aromatic N) is 1. The number of methoxy groups -OCH3 is 1. The molecule has 0 saturated carbocycles. The van der Waals surface area contributed by atoms with E-state index in [1.165, 1.54) is 24.0 Å². The number of anilines is 1. The van der Waals surface area contributed by atoms with Gasteiger partial charge < -0.3 is 10.5 Å². The van der Waals surface area contributed by atoms with Crippen molar-refractivity contribution < 1.29 is 4.74 Å². The standard InChI is InChI=1S/C14H17N3O/c1-18-13-10-5-3-2-4-9(10)6-7-11(13)12-8-16-17-14(12)15/h6-8H,2-5H2,1H3,(H3,15,16,17). The predicted octanol–water partition coefficient (Wildman–Crippen LogP) is 2.55. The van der Waals surface area contributed by atoms with E-state index in [-0.39, 0.29) is 0 Å². The first-order valence-electron chi connectivity index (χ1n) is 6.29. The molecule has 0 unspecified atom stereocenters. The van der Waals surface area contributed by atoms with Gasteiger partial charge in [-0.15, -0.1) is 0 Å². The van der Waals surface area contributed by atoms with E-state index in [1.54, 1.807) is 13.3 Å². The number of nitrogens with one attached hydrogen (secondary N) is 1. The molecule has 0 bridgehead atoms. The first-order valence-corrected chi connectivity index (χ1v) is 6.29. The maximum absolute atomic E-state index is 5.90. The molecule has 0 radical (unpaired) electrons. The number of nitrogens with two attached hydrogens (primary N) is 1. The fourth-order valence-electron chi connectivity index (χ4n) is 2.75. The van der Waals surface area contributed by atoms with Gasteiger partial charge in [-0.25, -0.2) is 0 Å². The Hall–Kier alpha value is -1.97. The van der Waals surface area contributed by atoms with E-state index < -0.39 is 0 Å². The summed E-state index contributed by atoms with van der Waals surface area (Å²) in [5, 5.41) is 6.75. The summed E-state index contributed by atoms with van der Waals surface area (Å²) in [6.07, 6.45) is 6.48. The van der Waals surface area contributed by atoms with Crippen LogP contribution >= 0.6 is 0 Å². The van der Waals surface area contributed by atoms with Crippen LogP contribution in [0.2, 0.25) is 0 Å². The Bertz CT molecular complexity index is 574. The van der Waals surface area contributed by atoms with Crippen molar-refractivity contribution in [2.45, 2.75) is 25.7 Å². The summed E-state index contributed by atoms with van der Waals surface area (Å²) in [6.45, 7) is 0. The zero-order valence-corrected chi connectivity index (χ0v) is 10.5. The molecule has 0 fully saturated rings. The summed E-state index contributed by atoms with van der Waals surface area (Å²) in [5.41, 5.74) is 10.6. The van der Waals surface area contributed by atoms with Crippen LogP contribution in [0.1, 0.15) is 24.0 Å². The topological polar surface area (TPSA) is 63.9 Å². The van der Waals surface area contributed by atoms with Crippen molar-refractivity contribution in [1.82, 2.24) is 10.2 Å². The summed E-state index contributed by atoms with van der Waals surface area (Å²) in [5.74, 6) is 1.55. The number of rotatable bonds is 2. The van der Waals surface area contributed by atoms with Crippen molar-refractivity contribution in [3.05, 3.63) is 29.5 Å². The minimum Gasteiger partial charge on any atom is -0.496 e. The largest absolute Gasteiger partial charge is 0.496 e. The Morgan fingerprint density at radius 3 is 2.78 bits per heavy atom. The van der Waals surface area contributed by atoms with Crippen LogP contribution in [0.3, 0.4) is 0 Å². The number of H-pyrrole nitrogens is 1. The normalized spacial score (nSPS) is 14.3. The number of hydrogen-bond acceptors (Lipinski definition) is 3. The number of aromatic nitrogens is 2. The van der Waals surface area contributed by atoms with Crippen molar-refractivity contribution in [2.75, 3.05) is 12.8 Å². The summed E-state index contributed by atoms with van der Waals surface area (Å²) in [6, 6.07) is 4.28. The van der Waals surface area contributed by atoms with Gasteiger partial charge in [0.25, 0.3) is 0 Å². The highest BCUT2D eigenvalue weighted by Gasteiger charge is 2.19. The molecule has 3 N–H and O–H groups in total. The average molecular weight is 243 g/mol. The highest BCUT2D eigenvalue weighted by atomic mass is 16.5. The summed E-state index contributed by atoms with van der Waals surface area (Å²) < 4.78 is 5.63. The van der Waals surface area contributed by atoms with E-state index in [9.17, 15) is 0 Å². The van der Waals surface area contributed by atoms with Gasteiger partial charge in [0.1, 0.15) is 11.6 Å².